The molecule has 6 aliphatic rings. The van der Waals surface area contributed by atoms with Crippen LogP contribution < -0.4 is 21.7 Å². The Morgan fingerprint density at radius 3 is 2.04 bits per heavy atom. The molecule has 3 aliphatic carbocycles. The fourth-order valence-electron chi connectivity index (χ4n) is 8.04. The van der Waals surface area contributed by atoms with Crippen LogP contribution in [0.2, 0.25) is 0 Å². The summed E-state index contributed by atoms with van der Waals surface area (Å²) in [7, 11) is 0. The van der Waals surface area contributed by atoms with Crippen LogP contribution in [-0.4, -0.2) is 38.5 Å². The van der Waals surface area contributed by atoms with Crippen LogP contribution in [-0.2, 0) is 23.8 Å². The molecule has 46 heavy (non-hydrogen) atoms. The SMILES string of the molecule is C[C@H]1C[C@@H]2CC(=O)O[C@@H]2c2c1c(O)c1c(O)c(-c3cc(=O)c4c(=O)c5c(c(=O)c=4c3=O)[C@@H](C)O[C@@H]3CC(=O)O[C@H]53)cc(O)c1c2O. The maximum Gasteiger partial charge on any atom is 0.309 e. The summed E-state index contributed by atoms with van der Waals surface area (Å²) in [5.74, 6) is -4.37. The van der Waals surface area contributed by atoms with Crippen molar-refractivity contribution in [3.63, 3.8) is 0 Å². The van der Waals surface area contributed by atoms with Crippen molar-refractivity contribution in [2.75, 3.05) is 0 Å². The largest absolute Gasteiger partial charge is 0.507 e. The average Bonchev–Trinajstić information content (AvgIpc) is 3.55. The van der Waals surface area contributed by atoms with Gasteiger partial charge in [-0.3, -0.25) is 28.8 Å². The molecule has 13 heteroatoms. The summed E-state index contributed by atoms with van der Waals surface area (Å²) in [6, 6.07) is 1.64. The number of carbonyl (C=O) groups excluding carboxylic acids is 2. The third kappa shape index (κ3) is 3.43. The van der Waals surface area contributed by atoms with Gasteiger partial charge in [0.2, 0.25) is 0 Å². The maximum absolute atomic E-state index is 14.0. The number of ether oxygens (including phenoxy) is 3. The number of fused-ring (bicyclic) bond motifs is 7. The molecular formula is C33H24O13. The van der Waals surface area contributed by atoms with Crippen LogP contribution >= 0.6 is 0 Å². The highest BCUT2D eigenvalue weighted by molar-refractivity contribution is 6.07. The lowest BCUT2D eigenvalue weighted by Crippen LogP contribution is -2.40. The maximum atomic E-state index is 14.0. The molecule has 4 N–H and O–H groups in total. The molecule has 234 valence electrons. The highest BCUT2D eigenvalue weighted by atomic mass is 16.6. The van der Waals surface area contributed by atoms with Crippen LogP contribution in [0.15, 0.2) is 31.3 Å². The Balaban J connectivity index is 1.42. The van der Waals surface area contributed by atoms with Gasteiger partial charge in [0.15, 0.2) is 27.8 Å². The Morgan fingerprint density at radius 1 is 0.652 bits per heavy atom. The lowest BCUT2D eigenvalue weighted by molar-refractivity contribution is -0.143. The molecular weight excluding hydrogens is 604 g/mol. The van der Waals surface area contributed by atoms with E-state index in [1.54, 1.807) is 6.92 Å². The van der Waals surface area contributed by atoms with E-state index in [0.717, 1.165) is 12.1 Å². The summed E-state index contributed by atoms with van der Waals surface area (Å²) in [6.07, 6.45) is -3.59. The number of rotatable bonds is 1. The predicted molar refractivity (Wildman–Crippen MR) is 156 cm³/mol. The molecule has 2 fully saturated rings. The number of esters is 2. The zero-order valence-corrected chi connectivity index (χ0v) is 24.2. The van der Waals surface area contributed by atoms with Crippen molar-refractivity contribution in [1.82, 2.24) is 0 Å². The van der Waals surface area contributed by atoms with Crippen LogP contribution in [0.5, 0.6) is 23.0 Å². The smallest absolute Gasteiger partial charge is 0.309 e. The Kier molecular flexibility index (Phi) is 5.60. The van der Waals surface area contributed by atoms with Crippen LogP contribution in [0.1, 0.15) is 79.6 Å². The Hall–Kier alpha value is -5.30. The van der Waals surface area contributed by atoms with Gasteiger partial charge in [0.05, 0.1) is 45.7 Å². The van der Waals surface area contributed by atoms with Crippen molar-refractivity contribution in [3.8, 4) is 34.1 Å². The lowest BCUT2D eigenvalue weighted by atomic mass is 9.73. The lowest BCUT2D eigenvalue weighted by Gasteiger charge is -2.33. The summed E-state index contributed by atoms with van der Waals surface area (Å²) in [6.45, 7) is 3.22. The molecule has 8 rings (SSSR count). The van der Waals surface area contributed by atoms with Crippen LogP contribution in [0.25, 0.3) is 21.9 Å². The Bertz CT molecular complexity index is 2400. The van der Waals surface area contributed by atoms with E-state index in [4.69, 9.17) is 14.2 Å². The highest BCUT2D eigenvalue weighted by Crippen LogP contribution is 2.59. The van der Waals surface area contributed by atoms with Crippen LogP contribution in [0.4, 0.5) is 0 Å². The van der Waals surface area contributed by atoms with Gasteiger partial charge < -0.3 is 34.6 Å². The summed E-state index contributed by atoms with van der Waals surface area (Å²) < 4.78 is 16.4. The number of carbonyl (C=O) groups is 2. The zero-order valence-electron chi connectivity index (χ0n) is 24.2. The number of phenols is 4. The van der Waals surface area contributed by atoms with Gasteiger partial charge in [-0.25, -0.2) is 0 Å². The standard InChI is InChI=1S/C33H24O13/c1-8-3-10-4-16(36)45-32(10)24-18(8)28(40)22-20(30(24)42)13(34)5-11(26(22)38)12-6-14(35)21-23(27(12)39)29(41)19-9(2)44-15-7-17(37)46-33(15)25(19)31(21)43/h5-6,8-10,15,32-34,38,40,42H,3-4,7H2,1-2H3/t8-,9+,10+,15+,32-,33-/m0/s1. The second kappa shape index (κ2) is 9.13. The molecule has 0 radical (unpaired) electrons. The minimum atomic E-state index is -1.22. The van der Waals surface area contributed by atoms with Gasteiger partial charge in [-0.05, 0) is 31.4 Å². The van der Waals surface area contributed by atoms with E-state index in [1.165, 1.54) is 6.92 Å². The number of hydrogen-bond donors (Lipinski definition) is 4. The average molecular weight is 629 g/mol. The van der Waals surface area contributed by atoms with Crippen LogP contribution in [0.3, 0.4) is 0 Å². The van der Waals surface area contributed by atoms with E-state index in [0.29, 0.717) is 6.42 Å². The molecule has 2 aromatic carbocycles. The van der Waals surface area contributed by atoms with Gasteiger partial charge in [-0.15, -0.1) is 0 Å². The molecule has 3 heterocycles. The van der Waals surface area contributed by atoms with Crippen molar-refractivity contribution in [3.05, 3.63) is 85.7 Å². The van der Waals surface area contributed by atoms with Crippen LogP contribution in [0, 0.1) is 16.4 Å². The zero-order chi connectivity index (χ0) is 32.7. The Morgan fingerprint density at radius 2 is 1.30 bits per heavy atom. The minimum absolute atomic E-state index is 0.106. The monoisotopic (exact) mass is 628 g/mol. The second-order valence-electron chi connectivity index (χ2n) is 12.5. The van der Waals surface area contributed by atoms with Gasteiger partial charge in [0.1, 0.15) is 35.2 Å². The summed E-state index contributed by atoms with van der Waals surface area (Å²) in [5.41, 5.74) is -5.20. The van der Waals surface area contributed by atoms with Crippen molar-refractivity contribution >= 4 is 22.7 Å². The first-order valence-electron chi connectivity index (χ1n) is 14.7. The van der Waals surface area contributed by atoms with E-state index in [-0.39, 0.29) is 46.4 Å². The second-order valence-corrected chi connectivity index (χ2v) is 12.5. The molecule has 0 bridgehead atoms. The van der Waals surface area contributed by atoms with Crippen molar-refractivity contribution in [2.24, 2.45) is 5.92 Å². The third-order valence-electron chi connectivity index (χ3n) is 9.90. The molecule has 2 saturated heterocycles. The van der Waals surface area contributed by atoms with Crippen molar-refractivity contribution in [2.45, 2.75) is 63.4 Å². The fraction of sp³-hybridized carbons (Fsp3) is 0.333. The normalized spacial score (nSPS) is 26.4. The first-order valence-corrected chi connectivity index (χ1v) is 14.7. The molecule has 0 unspecified atom stereocenters. The predicted octanol–water partition coefficient (Wildman–Crippen LogP) is 1.93. The van der Waals surface area contributed by atoms with Gasteiger partial charge in [-0.1, -0.05) is 6.92 Å². The topological polar surface area (TPSA) is 211 Å². The first-order chi connectivity index (χ1) is 21.8. The molecule has 0 saturated carbocycles. The molecule has 0 aromatic heterocycles. The molecule has 0 amide bonds. The van der Waals surface area contributed by atoms with Crippen molar-refractivity contribution in [1.29, 1.82) is 0 Å². The molecule has 2 aromatic rings. The molecule has 0 spiro atoms. The van der Waals surface area contributed by atoms with E-state index in [9.17, 15) is 49.2 Å². The number of phenolic OH excluding ortho intramolecular Hbond substituents is 4. The van der Waals surface area contributed by atoms with E-state index < -0.39 is 114 Å². The van der Waals surface area contributed by atoms with E-state index in [2.05, 4.69) is 0 Å². The molecule has 6 atom stereocenters. The number of hydrogen-bond acceptors (Lipinski definition) is 13. The quantitative estimate of drug-likeness (QED) is 0.176. The van der Waals surface area contributed by atoms with Gasteiger partial charge in [0.25, 0.3) is 0 Å². The summed E-state index contributed by atoms with van der Waals surface area (Å²) in [5, 5.41) is 43.2. The molecule has 13 nitrogen and oxygen atoms in total. The van der Waals surface area contributed by atoms with Gasteiger partial charge in [0, 0.05) is 33.7 Å². The summed E-state index contributed by atoms with van der Waals surface area (Å²) in [4.78, 5) is 79.0. The first kappa shape index (κ1) is 28.2. The van der Waals surface area contributed by atoms with Gasteiger partial charge >= 0.3 is 11.9 Å². The summed E-state index contributed by atoms with van der Waals surface area (Å²) >= 11 is 0. The third-order valence-corrected chi connectivity index (χ3v) is 9.90. The highest BCUT2D eigenvalue weighted by Gasteiger charge is 2.47. The Labute approximate surface area is 256 Å². The number of benzene rings is 2. The van der Waals surface area contributed by atoms with E-state index in [1.807, 2.05) is 0 Å². The minimum Gasteiger partial charge on any atom is -0.507 e. The number of aromatic hydroxyl groups is 4. The van der Waals surface area contributed by atoms with Crippen molar-refractivity contribution < 1.29 is 44.2 Å². The fourth-order valence-corrected chi connectivity index (χ4v) is 8.04. The van der Waals surface area contributed by atoms with Gasteiger partial charge in [-0.2, -0.15) is 0 Å². The molecule has 3 aliphatic heterocycles. The van der Waals surface area contributed by atoms with E-state index >= 15 is 0 Å².